The Morgan fingerprint density at radius 2 is 2.30 bits per heavy atom. The summed E-state index contributed by atoms with van der Waals surface area (Å²) in [7, 11) is 1.38. The molecule has 0 aromatic rings. The average molecular weight is 146 g/mol. The smallest absolute Gasteiger partial charge is 0.306 e. The molecule has 0 aromatic carbocycles. The van der Waals surface area contributed by atoms with Crippen LogP contribution in [0.3, 0.4) is 0 Å². The van der Waals surface area contributed by atoms with E-state index in [1.807, 2.05) is 0 Å². The first-order chi connectivity index (χ1) is 4.81. The van der Waals surface area contributed by atoms with E-state index < -0.39 is 0 Å². The van der Waals surface area contributed by atoms with Crippen LogP contribution in [-0.2, 0) is 9.53 Å². The molecule has 0 spiro atoms. The Morgan fingerprint density at radius 3 is 2.80 bits per heavy atom. The highest BCUT2D eigenvalue weighted by atomic mass is 16.5. The van der Waals surface area contributed by atoms with E-state index in [0.717, 1.165) is 6.54 Å². The predicted octanol–water partition coefficient (Wildman–Crippen LogP) is -0.902. The van der Waals surface area contributed by atoms with E-state index >= 15 is 0 Å². The number of nitrogens with two attached hydrogens (primary N) is 1. The van der Waals surface area contributed by atoms with Crippen LogP contribution >= 0.6 is 0 Å². The maximum absolute atomic E-state index is 10.5. The average Bonchev–Trinajstić information content (AvgIpc) is 1.98. The second kappa shape index (κ2) is 6.51. The largest absolute Gasteiger partial charge is 0.469 e. The Morgan fingerprint density at radius 1 is 1.60 bits per heavy atom. The van der Waals surface area contributed by atoms with E-state index in [-0.39, 0.29) is 5.97 Å². The summed E-state index contributed by atoms with van der Waals surface area (Å²) in [5.74, 6) is -0.190. The molecular weight excluding hydrogens is 132 g/mol. The highest BCUT2D eigenvalue weighted by molar-refractivity contribution is 5.69. The number of methoxy groups -OCH3 is 1. The van der Waals surface area contributed by atoms with E-state index in [0.29, 0.717) is 19.5 Å². The van der Waals surface area contributed by atoms with Gasteiger partial charge in [0.2, 0.25) is 0 Å². The highest BCUT2D eigenvalue weighted by Gasteiger charge is 1.96. The lowest BCUT2D eigenvalue weighted by Gasteiger charge is -2.00. The fraction of sp³-hybridized carbons (Fsp3) is 0.833. The molecule has 0 aromatic heterocycles. The molecule has 0 unspecified atom stereocenters. The van der Waals surface area contributed by atoms with Gasteiger partial charge in [-0.25, -0.2) is 0 Å². The molecular formula is C6H14N2O2. The van der Waals surface area contributed by atoms with Crippen molar-refractivity contribution in [2.45, 2.75) is 6.42 Å². The van der Waals surface area contributed by atoms with Crippen LogP contribution < -0.4 is 11.1 Å². The van der Waals surface area contributed by atoms with Crippen LogP contribution in [0.15, 0.2) is 0 Å². The molecule has 0 aliphatic carbocycles. The summed E-state index contributed by atoms with van der Waals surface area (Å²) in [4.78, 5) is 10.5. The van der Waals surface area contributed by atoms with Gasteiger partial charge >= 0.3 is 5.97 Å². The molecule has 10 heavy (non-hydrogen) atoms. The van der Waals surface area contributed by atoms with Crippen LogP contribution in [0.2, 0.25) is 0 Å². The molecule has 0 atom stereocenters. The van der Waals surface area contributed by atoms with E-state index in [1.54, 1.807) is 0 Å². The normalized spacial score (nSPS) is 9.40. The Kier molecular flexibility index (Phi) is 6.11. The molecule has 0 heterocycles. The van der Waals surface area contributed by atoms with Crippen molar-refractivity contribution in [3.63, 3.8) is 0 Å². The number of rotatable bonds is 5. The zero-order valence-electron chi connectivity index (χ0n) is 6.22. The molecule has 0 radical (unpaired) electrons. The molecule has 4 nitrogen and oxygen atoms in total. The van der Waals surface area contributed by atoms with E-state index in [4.69, 9.17) is 5.73 Å². The van der Waals surface area contributed by atoms with Gasteiger partial charge in [-0.05, 0) is 0 Å². The first-order valence-electron chi connectivity index (χ1n) is 3.29. The Labute approximate surface area is 60.7 Å². The molecule has 0 aliphatic rings. The van der Waals surface area contributed by atoms with Crippen LogP contribution in [0.5, 0.6) is 0 Å². The van der Waals surface area contributed by atoms with Crippen molar-refractivity contribution in [1.29, 1.82) is 0 Å². The lowest BCUT2D eigenvalue weighted by Crippen LogP contribution is -2.25. The number of carbonyl (C=O) groups is 1. The van der Waals surface area contributed by atoms with Crippen LogP contribution in [0.4, 0.5) is 0 Å². The molecule has 4 heteroatoms. The third-order valence-electron chi connectivity index (χ3n) is 1.05. The van der Waals surface area contributed by atoms with Gasteiger partial charge in [-0.2, -0.15) is 0 Å². The van der Waals surface area contributed by atoms with Gasteiger partial charge in [0.1, 0.15) is 0 Å². The number of carbonyl (C=O) groups excluding carboxylic acids is 1. The molecule has 3 N–H and O–H groups in total. The van der Waals surface area contributed by atoms with E-state index in [2.05, 4.69) is 10.1 Å². The molecule has 0 rings (SSSR count). The quantitative estimate of drug-likeness (QED) is 0.389. The molecule has 0 fully saturated rings. The minimum absolute atomic E-state index is 0.190. The van der Waals surface area contributed by atoms with Crippen LogP contribution in [0, 0.1) is 0 Å². The van der Waals surface area contributed by atoms with E-state index in [9.17, 15) is 4.79 Å². The zero-order valence-corrected chi connectivity index (χ0v) is 6.22. The fourth-order valence-electron chi connectivity index (χ4n) is 0.520. The number of nitrogens with one attached hydrogen (secondary N) is 1. The predicted molar refractivity (Wildman–Crippen MR) is 38.6 cm³/mol. The molecule has 0 bridgehead atoms. The summed E-state index contributed by atoms with van der Waals surface area (Å²) in [5, 5.41) is 2.97. The van der Waals surface area contributed by atoms with Gasteiger partial charge in [0.05, 0.1) is 13.5 Å². The molecule has 0 amide bonds. The van der Waals surface area contributed by atoms with Gasteiger partial charge in [-0.3, -0.25) is 4.79 Å². The SMILES string of the molecule is COC(=O)CCNCCN. The van der Waals surface area contributed by atoms with Gasteiger partial charge < -0.3 is 15.8 Å². The topological polar surface area (TPSA) is 64.3 Å². The molecule has 60 valence electrons. The van der Waals surface area contributed by atoms with Gasteiger partial charge in [0, 0.05) is 19.6 Å². The lowest BCUT2D eigenvalue weighted by atomic mass is 10.4. The standard InChI is InChI=1S/C6H14N2O2/c1-10-6(9)2-4-8-5-3-7/h8H,2-5,7H2,1H3. The maximum atomic E-state index is 10.5. The molecule has 0 aliphatic heterocycles. The first-order valence-corrected chi connectivity index (χ1v) is 3.29. The molecule has 0 saturated carbocycles. The third-order valence-corrected chi connectivity index (χ3v) is 1.05. The van der Waals surface area contributed by atoms with Crippen molar-refractivity contribution >= 4 is 5.97 Å². The highest BCUT2D eigenvalue weighted by Crippen LogP contribution is 1.79. The second-order valence-electron chi connectivity index (χ2n) is 1.86. The fourth-order valence-corrected chi connectivity index (χ4v) is 0.520. The van der Waals surface area contributed by atoms with Gasteiger partial charge in [0.25, 0.3) is 0 Å². The lowest BCUT2D eigenvalue weighted by molar-refractivity contribution is -0.140. The Bertz CT molecular complexity index is 95.7. The van der Waals surface area contributed by atoms with Gasteiger partial charge in [-0.1, -0.05) is 0 Å². The summed E-state index contributed by atoms with van der Waals surface area (Å²) in [5.41, 5.74) is 5.20. The third kappa shape index (κ3) is 5.53. The van der Waals surface area contributed by atoms with Crippen molar-refractivity contribution in [2.24, 2.45) is 5.73 Å². The summed E-state index contributed by atoms with van der Waals surface area (Å²) in [6, 6.07) is 0. The summed E-state index contributed by atoms with van der Waals surface area (Å²) >= 11 is 0. The number of esters is 1. The van der Waals surface area contributed by atoms with Gasteiger partial charge in [-0.15, -0.1) is 0 Å². The number of hydrogen-bond acceptors (Lipinski definition) is 4. The Balaban J connectivity index is 2.96. The summed E-state index contributed by atoms with van der Waals surface area (Å²) in [6.45, 7) is 1.99. The Hall–Kier alpha value is -0.610. The summed E-state index contributed by atoms with van der Waals surface area (Å²) < 4.78 is 4.42. The van der Waals surface area contributed by atoms with Crippen molar-refractivity contribution in [3.05, 3.63) is 0 Å². The number of ether oxygens (including phenoxy) is 1. The first kappa shape index (κ1) is 9.39. The van der Waals surface area contributed by atoms with Crippen molar-refractivity contribution in [3.8, 4) is 0 Å². The van der Waals surface area contributed by atoms with Gasteiger partial charge in [0.15, 0.2) is 0 Å². The zero-order chi connectivity index (χ0) is 7.82. The van der Waals surface area contributed by atoms with Crippen LogP contribution in [0.1, 0.15) is 6.42 Å². The minimum atomic E-state index is -0.190. The maximum Gasteiger partial charge on any atom is 0.306 e. The number of hydrogen-bond donors (Lipinski definition) is 2. The second-order valence-corrected chi connectivity index (χ2v) is 1.86. The van der Waals surface area contributed by atoms with Crippen molar-refractivity contribution < 1.29 is 9.53 Å². The van der Waals surface area contributed by atoms with Crippen molar-refractivity contribution in [1.82, 2.24) is 5.32 Å². The summed E-state index contributed by atoms with van der Waals surface area (Å²) in [6.07, 6.45) is 0.413. The molecule has 0 saturated heterocycles. The van der Waals surface area contributed by atoms with E-state index in [1.165, 1.54) is 7.11 Å². The van der Waals surface area contributed by atoms with Crippen molar-refractivity contribution in [2.75, 3.05) is 26.7 Å². The van der Waals surface area contributed by atoms with Crippen LogP contribution in [-0.4, -0.2) is 32.7 Å². The van der Waals surface area contributed by atoms with Crippen LogP contribution in [0.25, 0.3) is 0 Å². The monoisotopic (exact) mass is 146 g/mol. The minimum Gasteiger partial charge on any atom is -0.469 e.